The van der Waals surface area contributed by atoms with Gasteiger partial charge in [-0.05, 0) is 35.9 Å². The van der Waals surface area contributed by atoms with E-state index in [1.807, 2.05) is 0 Å². The number of nitrogens with one attached hydrogen (secondary N) is 2. The van der Waals surface area contributed by atoms with Crippen LogP contribution in [0.1, 0.15) is 15.9 Å². The summed E-state index contributed by atoms with van der Waals surface area (Å²) < 4.78 is 32.1. The van der Waals surface area contributed by atoms with Crippen molar-refractivity contribution in [3.63, 3.8) is 0 Å². The van der Waals surface area contributed by atoms with Gasteiger partial charge in [-0.2, -0.15) is 0 Å². The second kappa shape index (κ2) is 8.53. The van der Waals surface area contributed by atoms with E-state index in [1.54, 1.807) is 30.6 Å². The summed E-state index contributed by atoms with van der Waals surface area (Å²) in [6.45, 7) is 0.888. The summed E-state index contributed by atoms with van der Waals surface area (Å²) in [6.07, 6.45) is 3.18. The van der Waals surface area contributed by atoms with Crippen molar-refractivity contribution in [1.29, 1.82) is 0 Å². The monoisotopic (exact) mass is 349 g/mol. The number of methoxy groups -OCH3 is 1. The molecule has 24 heavy (non-hydrogen) atoms. The fourth-order valence-electron chi connectivity index (χ4n) is 1.94. The first-order valence-corrected chi connectivity index (χ1v) is 8.77. The summed E-state index contributed by atoms with van der Waals surface area (Å²) in [4.78, 5) is 15.9. The highest BCUT2D eigenvalue weighted by atomic mass is 32.2. The first-order valence-electron chi connectivity index (χ1n) is 7.29. The number of sulfonamides is 1. The van der Waals surface area contributed by atoms with Crippen molar-refractivity contribution in [2.24, 2.45) is 0 Å². The van der Waals surface area contributed by atoms with Crippen molar-refractivity contribution in [3.05, 3.63) is 59.9 Å². The molecule has 1 aromatic carbocycles. The Hall–Kier alpha value is -2.29. The number of amides is 1. The third-order valence-electron chi connectivity index (χ3n) is 3.21. The van der Waals surface area contributed by atoms with E-state index in [4.69, 9.17) is 4.74 Å². The molecule has 2 rings (SSSR count). The van der Waals surface area contributed by atoms with E-state index in [0.29, 0.717) is 13.2 Å². The molecule has 0 aliphatic heterocycles. The van der Waals surface area contributed by atoms with E-state index >= 15 is 0 Å². The van der Waals surface area contributed by atoms with Crippen LogP contribution in [0.4, 0.5) is 0 Å². The Kier molecular flexibility index (Phi) is 6.42. The minimum Gasteiger partial charge on any atom is -0.383 e. The van der Waals surface area contributed by atoms with Gasteiger partial charge < -0.3 is 10.1 Å². The highest BCUT2D eigenvalue weighted by Crippen LogP contribution is 2.12. The number of carbonyl (C=O) groups excluding carboxylic acids is 1. The van der Waals surface area contributed by atoms with E-state index in [1.165, 1.54) is 25.3 Å². The molecule has 0 spiro atoms. The van der Waals surface area contributed by atoms with Gasteiger partial charge in [0.15, 0.2) is 0 Å². The van der Waals surface area contributed by atoms with Crippen molar-refractivity contribution < 1.29 is 17.9 Å². The summed E-state index contributed by atoms with van der Waals surface area (Å²) in [7, 11) is -2.18. The molecule has 0 radical (unpaired) electrons. The maximum absolute atomic E-state index is 12.4. The lowest BCUT2D eigenvalue weighted by Crippen LogP contribution is -2.27. The van der Waals surface area contributed by atoms with Crippen LogP contribution in [-0.4, -0.2) is 39.6 Å². The summed E-state index contributed by atoms with van der Waals surface area (Å²) in [5, 5.41) is 2.65. The molecule has 1 amide bonds. The summed E-state index contributed by atoms with van der Waals surface area (Å²) in [5.41, 5.74) is 1.07. The van der Waals surface area contributed by atoms with Crippen LogP contribution >= 0.6 is 0 Å². The molecule has 0 unspecified atom stereocenters. The van der Waals surface area contributed by atoms with Gasteiger partial charge in [-0.25, -0.2) is 13.1 Å². The number of hydrogen-bond donors (Lipinski definition) is 2. The van der Waals surface area contributed by atoms with Crippen LogP contribution in [0.3, 0.4) is 0 Å². The number of nitrogens with zero attached hydrogens (tertiary/aromatic N) is 1. The quantitative estimate of drug-likeness (QED) is 0.691. The molecule has 1 heterocycles. The van der Waals surface area contributed by atoms with E-state index in [-0.39, 0.29) is 22.9 Å². The van der Waals surface area contributed by atoms with Gasteiger partial charge in [0, 0.05) is 38.2 Å². The van der Waals surface area contributed by atoms with Gasteiger partial charge in [0.05, 0.1) is 11.5 Å². The van der Waals surface area contributed by atoms with Gasteiger partial charge in [-0.3, -0.25) is 9.78 Å². The molecule has 7 nitrogen and oxygen atoms in total. The molecular formula is C16H19N3O4S. The zero-order valence-corrected chi connectivity index (χ0v) is 14.0. The van der Waals surface area contributed by atoms with Gasteiger partial charge in [0.25, 0.3) is 5.91 Å². The maximum Gasteiger partial charge on any atom is 0.251 e. The number of aromatic nitrogens is 1. The molecule has 8 heteroatoms. The van der Waals surface area contributed by atoms with Crippen molar-refractivity contribution >= 4 is 15.9 Å². The molecule has 0 aliphatic rings. The summed E-state index contributed by atoms with van der Waals surface area (Å²) >= 11 is 0. The second-order valence-corrected chi connectivity index (χ2v) is 6.72. The van der Waals surface area contributed by atoms with Gasteiger partial charge in [-0.15, -0.1) is 0 Å². The number of carbonyl (C=O) groups is 1. The molecular weight excluding hydrogens is 330 g/mol. The highest BCUT2D eigenvalue weighted by Gasteiger charge is 2.16. The zero-order valence-electron chi connectivity index (χ0n) is 13.2. The molecule has 0 bridgehead atoms. The topological polar surface area (TPSA) is 97.4 Å². The Morgan fingerprint density at radius 3 is 2.67 bits per heavy atom. The van der Waals surface area contributed by atoms with Crippen LogP contribution < -0.4 is 10.0 Å². The lowest BCUT2D eigenvalue weighted by Gasteiger charge is -2.09. The fraction of sp³-hybridized carbons (Fsp3) is 0.250. The Labute approximate surface area is 141 Å². The Morgan fingerprint density at radius 2 is 1.96 bits per heavy atom. The summed E-state index contributed by atoms with van der Waals surface area (Å²) in [6, 6.07) is 9.33. The molecule has 0 aliphatic carbocycles. The van der Waals surface area contributed by atoms with Gasteiger partial charge in [-0.1, -0.05) is 6.07 Å². The number of rotatable bonds is 8. The van der Waals surface area contributed by atoms with Crippen molar-refractivity contribution in [2.45, 2.75) is 11.4 Å². The normalized spacial score (nSPS) is 11.2. The lowest BCUT2D eigenvalue weighted by molar-refractivity contribution is 0.0937. The average molecular weight is 349 g/mol. The SMILES string of the molecule is COCCNC(=O)c1cccc(S(=O)(=O)NCc2ccncc2)c1. The molecule has 1 aromatic heterocycles. The third-order valence-corrected chi connectivity index (χ3v) is 4.61. The minimum atomic E-state index is -3.71. The number of pyridine rings is 1. The van der Waals surface area contributed by atoms with Gasteiger partial charge >= 0.3 is 0 Å². The first-order chi connectivity index (χ1) is 11.5. The average Bonchev–Trinajstić information content (AvgIpc) is 2.61. The fourth-order valence-corrected chi connectivity index (χ4v) is 3.00. The van der Waals surface area contributed by atoms with E-state index in [2.05, 4.69) is 15.0 Å². The van der Waals surface area contributed by atoms with E-state index < -0.39 is 10.0 Å². The molecule has 2 aromatic rings. The molecule has 0 fully saturated rings. The summed E-state index contributed by atoms with van der Waals surface area (Å²) in [5.74, 6) is -0.349. The second-order valence-electron chi connectivity index (χ2n) is 4.96. The predicted molar refractivity (Wildman–Crippen MR) is 88.9 cm³/mol. The smallest absolute Gasteiger partial charge is 0.251 e. The third kappa shape index (κ3) is 5.12. The predicted octanol–water partition coefficient (Wildman–Crippen LogP) is 0.936. The molecule has 0 saturated carbocycles. The van der Waals surface area contributed by atoms with Crippen molar-refractivity contribution in [1.82, 2.24) is 15.0 Å². The standard InChI is InChI=1S/C16H19N3O4S/c1-23-10-9-18-16(20)14-3-2-4-15(11-14)24(21,22)19-12-13-5-7-17-8-6-13/h2-8,11,19H,9-10,12H2,1H3,(H,18,20). The van der Waals surface area contributed by atoms with Crippen LogP contribution in [0, 0.1) is 0 Å². The van der Waals surface area contributed by atoms with Gasteiger partial charge in [0.1, 0.15) is 0 Å². The Morgan fingerprint density at radius 1 is 1.21 bits per heavy atom. The van der Waals surface area contributed by atoms with Gasteiger partial charge in [0.2, 0.25) is 10.0 Å². The molecule has 0 saturated heterocycles. The minimum absolute atomic E-state index is 0.0379. The van der Waals surface area contributed by atoms with Crippen LogP contribution in [-0.2, 0) is 21.3 Å². The molecule has 2 N–H and O–H groups in total. The largest absolute Gasteiger partial charge is 0.383 e. The number of ether oxygens (including phenoxy) is 1. The van der Waals surface area contributed by atoms with Crippen molar-refractivity contribution in [2.75, 3.05) is 20.3 Å². The Bertz CT molecular complexity index is 779. The van der Waals surface area contributed by atoms with Crippen LogP contribution in [0.2, 0.25) is 0 Å². The Balaban J connectivity index is 2.07. The lowest BCUT2D eigenvalue weighted by atomic mass is 10.2. The molecule has 128 valence electrons. The van der Waals surface area contributed by atoms with Crippen molar-refractivity contribution in [3.8, 4) is 0 Å². The first kappa shape index (κ1) is 18.1. The number of benzene rings is 1. The van der Waals surface area contributed by atoms with Crippen LogP contribution in [0.5, 0.6) is 0 Å². The zero-order chi connectivity index (χ0) is 17.4. The maximum atomic E-state index is 12.4. The van der Waals surface area contributed by atoms with E-state index in [0.717, 1.165) is 5.56 Å². The van der Waals surface area contributed by atoms with Crippen LogP contribution in [0.15, 0.2) is 53.7 Å². The van der Waals surface area contributed by atoms with E-state index in [9.17, 15) is 13.2 Å². The number of hydrogen-bond acceptors (Lipinski definition) is 5. The molecule has 0 atom stereocenters. The highest BCUT2D eigenvalue weighted by molar-refractivity contribution is 7.89. The van der Waals surface area contributed by atoms with Crippen LogP contribution in [0.25, 0.3) is 0 Å².